The van der Waals surface area contributed by atoms with Crippen molar-refractivity contribution in [2.45, 2.75) is 39.8 Å². The molecule has 0 fully saturated rings. The first kappa shape index (κ1) is 17.7. The molecule has 112 valence electrons. The van der Waals surface area contributed by atoms with Crippen molar-refractivity contribution in [3.63, 3.8) is 0 Å². The summed E-state index contributed by atoms with van der Waals surface area (Å²) < 4.78 is 37.1. The first-order chi connectivity index (χ1) is 8.51. The quantitative estimate of drug-likeness (QED) is 0.781. The maximum absolute atomic E-state index is 12.4. The lowest BCUT2D eigenvalue weighted by molar-refractivity contribution is -0.162. The lowest BCUT2D eigenvalue weighted by Gasteiger charge is -2.26. The van der Waals surface area contributed by atoms with Gasteiger partial charge in [0, 0.05) is 19.4 Å². The van der Waals surface area contributed by atoms with E-state index in [0.29, 0.717) is 0 Å². The van der Waals surface area contributed by atoms with Crippen LogP contribution in [0.4, 0.5) is 13.2 Å². The summed E-state index contributed by atoms with van der Waals surface area (Å²) in [6, 6.07) is 0. The first-order valence-electron chi connectivity index (χ1n) is 6.07. The number of carbonyl (C=O) groups is 2. The highest BCUT2D eigenvalue weighted by Crippen LogP contribution is 2.19. The van der Waals surface area contributed by atoms with Crippen molar-refractivity contribution >= 4 is 11.9 Å². The number of nitrogens with zero attached hydrogens (tertiary/aromatic N) is 1. The van der Waals surface area contributed by atoms with Gasteiger partial charge in [-0.3, -0.25) is 9.59 Å². The Morgan fingerprint density at radius 2 is 1.68 bits per heavy atom. The van der Waals surface area contributed by atoms with Crippen LogP contribution in [-0.4, -0.2) is 41.1 Å². The van der Waals surface area contributed by atoms with E-state index in [1.54, 1.807) is 13.8 Å². The van der Waals surface area contributed by atoms with Crippen molar-refractivity contribution in [2.75, 3.05) is 13.1 Å². The largest absolute Gasteiger partial charge is 0.481 e. The molecule has 0 aliphatic rings. The zero-order valence-corrected chi connectivity index (χ0v) is 11.3. The number of amides is 1. The van der Waals surface area contributed by atoms with Crippen LogP contribution >= 0.6 is 0 Å². The van der Waals surface area contributed by atoms with Gasteiger partial charge in [0.15, 0.2) is 0 Å². The number of carboxylic acid groups (broad SMARTS) is 1. The molecule has 0 saturated heterocycles. The Bertz CT molecular complexity index is 316. The zero-order chi connectivity index (χ0) is 15.2. The van der Waals surface area contributed by atoms with E-state index in [9.17, 15) is 22.8 Å². The highest BCUT2D eigenvalue weighted by atomic mass is 19.4. The summed E-state index contributed by atoms with van der Waals surface area (Å²) in [5, 5.41) is 8.56. The summed E-state index contributed by atoms with van der Waals surface area (Å²) in [4.78, 5) is 23.0. The maximum atomic E-state index is 12.4. The van der Waals surface area contributed by atoms with Crippen LogP contribution in [0.2, 0.25) is 0 Å². The average Bonchev–Trinajstić information content (AvgIpc) is 2.11. The Kier molecular flexibility index (Phi) is 6.86. The van der Waals surface area contributed by atoms with Crippen molar-refractivity contribution < 1.29 is 27.9 Å². The molecule has 0 radical (unpaired) electrons. The molecule has 0 heterocycles. The smallest absolute Gasteiger partial charge is 0.406 e. The molecule has 0 aromatic heterocycles. The molecular formula is C12H20F3NO3. The van der Waals surface area contributed by atoms with Crippen LogP contribution in [0.15, 0.2) is 0 Å². The summed E-state index contributed by atoms with van der Waals surface area (Å²) >= 11 is 0. The van der Waals surface area contributed by atoms with Gasteiger partial charge in [-0.05, 0) is 11.8 Å². The van der Waals surface area contributed by atoms with Gasteiger partial charge in [0.1, 0.15) is 6.54 Å². The second-order valence-electron chi connectivity index (χ2n) is 5.19. The third-order valence-electron chi connectivity index (χ3n) is 2.35. The molecule has 0 aromatic carbocycles. The van der Waals surface area contributed by atoms with E-state index in [0.717, 1.165) is 4.90 Å². The Morgan fingerprint density at radius 3 is 2.05 bits per heavy atom. The van der Waals surface area contributed by atoms with E-state index in [1.807, 2.05) is 0 Å². The van der Waals surface area contributed by atoms with Gasteiger partial charge in [-0.25, -0.2) is 0 Å². The van der Waals surface area contributed by atoms with E-state index in [-0.39, 0.29) is 25.3 Å². The lowest BCUT2D eigenvalue weighted by Crippen LogP contribution is -2.41. The van der Waals surface area contributed by atoms with Crippen molar-refractivity contribution in [2.24, 2.45) is 11.8 Å². The second-order valence-corrected chi connectivity index (χ2v) is 5.19. The molecule has 1 amide bonds. The van der Waals surface area contributed by atoms with Crippen LogP contribution in [0.3, 0.4) is 0 Å². The third-order valence-corrected chi connectivity index (χ3v) is 2.35. The minimum Gasteiger partial charge on any atom is -0.481 e. The van der Waals surface area contributed by atoms with Crippen LogP contribution in [0, 0.1) is 11.8 Å². The van der Waals surface area contributed by atoms with Gasteiger partial charge in [-0.15, -0.1) is 0 Å². The standard InChI is InChI=1S/C12H20F3NO3/c1-8(2)6-16(7-12(13,14)15)10(17)4-9(3)5-11(18)19/h8-9H,4-7H2,1-3H3,(H,18,19). The molecule has 0 aliphatic carbocycles. The number of rotatable bonds is 7. The van der Waals surface area contributed by atoms with Gasteiger partial charge in [-0.2, -0.15) is 13.2 Å². The maximum Gasteiger partial charge on any atom is 0.406 e. The first-order valence-corrected chi connectivity index (χ1v) is 6.07. The second kappa shape index (κ2) is 7.35. The van der Waals surface area contributed by atoms with Crippen LogP contribution in [-0.2, 0) is 9.59 Å². The Hall–Kier alpha value is -1.27. The van der Waals surface area contributed by atoms with E-state index < -0.39 is 30.5 Å². The minimum atomic E-state index is -4.44. The predicted molar refractivity (Wildman–Crippen MR) is 63.5 cm³/mol. The predicted octanol–water partition coefficient (Wildman–Crippen LogP) is 2.53. The number of carbonyl (C=O) groups excluding carboxylic acids is 1. The summed E-state index contributed by atoms with van der Waals surface area (Å²) in [6.07, 6.45) is -4.86. The summed E-state index contributed by atoms with van der Waals surface area (Å²) in [5.74, 6) is -2.28. The van der Waals surface area contributed by atoms with Crippen molar-refractivity contribution in [1.82, 2.24) is 4.90 Å². The Balaban J connectivity index is 4.58. The molecule has 7 heteroatoms. The Labute approximate surface area is 110 Å². The van der Waals surface area contributed by atoms with Crippen LogP contribution in [0.5, 0.6) is 0 Å². The molecule has 19 heavy (non-hydrogen) atoms. The van der Waals surface area contributed by atoms with Crippen LogP contribution in [0.1, 0.15) is 33.6 Å². The zero-order valence-electron chi connectivity index (χ0n) is 11.3. The molecule has 0 aromatic rings. The average molecular weight is 283 g/mol. The molecule has 1 atom stereocenters. The SMILES string of the molecule is CC(C)CN(CC(F)(F)F)C(=O)CC(C)CC(=O)O. The van der Waals surface area contributed by atoms with E-state index >= 15 is 0 Å². The fraction of sp³-hybridized carbons (Fsp3) is 0.833. The molecule has 0 bridgehead atoms. The molecule has 0 rings (SSSR count). The number of carboxylic acids is 1. The number of alkyl halides is 3. The van der Waals surface area contributed by atoms with Gasteiger partial charge in [0.25, 0.3) is 0 Å². The van der Waals surface area contributed by atoms with Gasteiger partial charge in [0.05, 0.1) is 0 Å². The lowest BCUT2D eigenvalue weighted by atomic mass is 10.0. The fourth-order valence-electron chi connectivity index (χ4n) is 1.71. The molecule has 0 spiro atoms. The van der Waals surface area contributed by atoms with E-state index in [1.165, 1.54) is 6.92 Å². The molecule has 0 saturated carbocycles. The fourth-order valence-corrected chi connectivity index (χ4v) is 1.71. The topological polar surface area (TPSA) is 57.6 Å². The molecule has 0 aliphatic heterocycles. The summed E-state index contributed by atoms with van der Waals surface area (Å²) in [7, 11) is 0. The van der Waals surface area contributed by atoms with Gasteiger partial charge in [-0.1, -0.05) is 20.8 Å². The third kappa shape index (κ3) is 9.32. The highest BCUT2D eigenvalue weighted by molar-refractivity contribution is 5.77. The van der Waals surface area contributed by atoms with Gasteiger partial charge >= 0.3 is 12.1 Å². The monoisotopic (exact) mass is 283 g/mol. The van der Waals surface area contributed by atoms with Crippen molar-refractivity contribution in [1.29, 1.82) is 0 Å². The summed E-state index contributed by atoms with van der Waals surface area (Å²) in [5.41, 5.74) is 0. The van der Waals surface area contributed by atoms with Crippen molar-refractivity contribution in [3.8, 4) is 0 Å². The summed E-state index contributed by atoms with van der Waals surface area (Å²) in [6.45, 7) is 3.70. The molecule has 4 nitrogen and oxygen atoms in total. The Morgan fingerprint density at radius 1 is 1.16 bits per heavy atom. The van der Waals surface area contributed by atoms with E-state index in [4.69, 9.17) is 5.11 Å². The highest BCUT2D eigenvalue weighted by Gasteiger charge is 2.33. The van der Waals surface area contributed by atoms with Crippen LogP contribution in [0.25, 0.3) is 0 Å². The number of hydrogen-bond donors (Lipinski definition) is 1. The molecule has 1 unspecified atom stereocenters. The van der Waals surface area contributed by atoms with E-state index in [2.05, 4.69) is 0 Å². The number of aliphatic carboxylic acids is 1. The minimum absolute atomic E-state index is 0.0120. The normalized spacial score (nSPS) is 13.4. The molecular weight excluding hydrogens is 263 g/mol. The van der Waals surface area contributed by atoms with Gasteiger partial charge in [0.2, 0.25) is 5.91 Å². The number of halogens is 3. The van der Waals surface area contributed by atoms with Gasteiger partial charge < -0.3 is 10.0 Å². The molecule has 1 N–H and O–H groups in total. The number of hydrogen-bond acceptors (Lipinski definition) is 2. The van der Waals surface area contributed by atoms with Crippen LogP contribution < -0.4 is 0 Å². The van der Waals surface area contributed by atoms with Crippen molar-refractivity contribution in [3.05, 3.63) is 0 Å².